The van der Waals surface area contributed by atoms with Crippen molar-refractivity contribution in [1.82, 2.24) is 9.55 Å². The number of nitrogens with two attached hydrogens (primary N) is 1. The van der Waals surface area contributed by atoms with Crippen LogP contribution in [-0.4, -0.2) is 43.0 Å². The third-order valence-electron chi connectivity index (χ3n) is 6.65. The monoisotopic (exact) mass is 547 g/mol. The van der Waals surface area contributed by atoms with Gasteiger partial charge in [-0.05, 0) is 22.8 Å². The van der Waals surface area contributed by atoms with Crippen molar-refractivity contribution >= 4 is 15.9 Å². The molecule has 1 saturated heterocycles. The maximum atomic E-state index is 12.5. The SMILES string of the molecule is CS(=O)(=O)O[C@H]1C[C@H](n2ccc(N)nc2=O)O[C@@H]1COC(c1ccccc1)(c1ccccc1)c1ccccc1. The first kappa shape index (κ1) is 26.8. The van der Waals surface area contributed by atoms with E-state index in [0.717, 1.165) is 22.9 Å². The molecule has 5 rings (SSSR count). The lowest BCUT2D eigenvalue weighted by Crippen LogP contribution is -2.39. The van der Waals surface area contributed by atoms with E-state index in [1.54, 1.807) is 0 Å². The van der Waals surface area contributed by atoms with Crippen LogP contribution in [0.25, 0.3) is 0 Å². The fourth-order valence-corrected chi connectivity index (χ4v) is 5.62. The number of nitrogens with zero attached hydrogens (tertiary/aromatic N) is 2. The third kappa shape index (κ3) is 5.79. The highest BCUT2D eigenvalue weighted by Gasteiger charge is 2.43. The van der Waals surface area contributed by atoms with Crippen LogP contribution in [0.15, 0.2) is 108 Å². The van der Waals surface area contributed by atoms with Gasteiger partial charge in [0.2, 0.25) is 0 Å². The van der Waals surface area contributed by atoms with Crippen LogP contribution in [0.5, 0.6) is 0 Å². The Kier molecular flexibility index (Phi) is 7.62. The average Bonchev–Trinajstić information content (AvgIpc) is 3.31. The molecule has 3 atom stereocenters. The van der Waals surface area contributed by atoms with E-state index in [4.69, 9.17) is 19.4 Å². The predicted molar refractivity (Wildman–Crippen MR) is 146 cm³/mol. The Balaban J connectivity index is 1.55. The first-order chi connectivity index (χ1) is 18.8. The van der Waals surface area contributed by atoms with Crippen molar-refractivity contribution in [3.63, 3.8) is 0 Å². The molecular formula is C29H29N3O6S. The number of aromatic nitrogens is 2. The van der Waals surface area contributed by atoms with E-state index in [1.165, 1.54) is 16.8 Å². The van der Waals surface area contributed by atoms with Crippen LogP contribution in [0.4, 0.5) is 5.82 Å². The molecule has 3 aromatic carbocycles. The van der Waals surface area contributed by atoms with Gasteiger partial charge in [-0.3, -0.25) is 8.75 Å². The van der Waals surface area contributed by atoms with E-state index in [9.17, 15) is 13.2 Å². The first-order valence-corrected chi connectivity index (χ1v) is 14.3. The summed E-state index contributed by atoms with van der Waals surface area (Å²) in [5, 5.41) is 0. The lowest BCUT2D eigenvalue weighted by Gasteiger charge is -2.37. The molecule has 4 aromatic rings. The van der Waals surface area contributed by atoms with Gasteiger partial charge in [-0.2, -0.15) is 13.4 Å². The Hall–Kier alpha value is -3.83. The Morgan fingerprint density at radius 1 is 0.923 bits per heavy atom. The summed E-state index contributed by atoms with van der Waals surface area (Å²) >= 11 is 0. The van der Waals surface area contributed by atoms with Gasteiger partial charge in [0.05, 0.1) is 12.9 Å². The van der Waals surface area contributed by atoms with E-state index in [-0.39, 0.29) is 18.8 Å². The van der Waals surface area contributed by atoms with Crippen molar-refractivity contribution in [2.24, 2.45) is 0 Å². The summed E-state index contributed by atoms with van der Waals surface area (Å²) in [6.45, 7) is -0.0352. The number of anilines is 1. The Morgan fingerprint density at radius 3 is 1.90 bits per heavy atom. The van der Waals surface area contributed by atoms with Crippen molar-refractivity contribution in [3.8, 4) is 0 Å². The number of hydrogen-bond acceptors (Lipinski definition) is 8. The summed E-state index contributed by atoms with van der Waals surface area (Å²) in [5.41, 5.74) is 6.65. The summed E-state index contributed by atoms with van der Waals surface area (Å²) in [6.07, 6.45) is 0.0294. The van der Waals surface area contributed by atoms with Gasteiger partial charge in [-0.15, -0.1) is 0 Å². The Bertz CT molecular complexity index is 1470. The van der Waals surface area contributed by atoms with Crippen LogP contribution < -0.4 is 11.4 Å². The second kappa shape index (κ2) is 11.1. The number of ether oxygens (including phenoxy) is 2. The van der Waals surface area contributed by atoms with E-state index in [1.807, 2.05) is 91.0 Å². The summed E-state index contributed by atoms with van der Waals surface area (Å²) in [7, 11) is -3.83. The molecule has 0 saturated carbocycles. The fraction of sp³-hybridized carbons (Fsp3) is 0.241. The minimum Gasteiger partial charge on any atom is -0.383 e. The highest BCUT2D eigenvalue weighted by atomic mass is 32.2. The summed E-state index contributed by atoms with van der Waals surface area (Å²) in [5.74, 6) is 0.0800. The summed E-state index contributed by atoms with van der Waals surface area (Å²) in [6, 6.07) is 30.9. The number of benzene rings is 3. The largest absolute Gasteiger partial charge is 0.383 e. The number of hydrogen-bond donors (Lipinski definition) is 1. The molecule has 1 aliphatic rings. The van der Waals surface area contributed by atoms with Crippen LogP contribution in [0.1, 0.15) is 29.3 Å². The zero-order chi connectivity index (χ0) is 27.5. The van der Waals surface area contributed by atoms with Crippen LogP contribution in [-0.2, 0) is 29.4 Å². The molecule has 10 heteroatoms. The van der Waals surface area contributed by atoms with Crippen LogP contribution in [0, 0.1) is 0 Å². The highest BCUT2D eigenvalue weighted by Crippen LogP contribution is 2.42. The third-order valence-corrected chi connectivity index (χ3v) is 7.24. The second-order valence-corrected chi connectivity index (χ2v) is 10.9. The lowest BCUT2D eigenvalue weighted by atomic mass is 9.80. The van der Waals surface area contributed by atoms with Crippen LogP contribution in [0.3, 0.4) is 0 Å². The summed E-state index contributed by atoms with van der Waals surface area (Å²) < 4.78 is 44.0. The molecule has 0 unspecified atom stereocenters. The highest BCUT2D eigenvalue weighted by molar-refractivity contribution is 7.86. The lowest BCUT2D eigenvalue weighted by molar-refractivity contribution is -0.0910. The van der Waals surface area contributed by atoms with Crippen molar-refractivity contribution in [1.29, 1.82) is 0 Å². The van der Waals surface area contributed by atoms with Crippen LogP contribution in [0.2, 0.25) is 0 Å². The molecule has 0 radical (unpaired) electrons. The molecule has 202 valence electrons. The molecule has 0 bridgehead atoms. The first-order valence-electron chi connectivity index (χ1n) is 12.5. The van der Waals surface area contributed by atoms with Gasteiger partial charge in [-0.25, -0.2) is 4.79 Å². The normalized spacial score (nSPS) is 19.7. The van der Waals surface area contributed by atoms with Crippen molar-refractivity contribution in [2.45, 2.75) is 30.5 Å². The molecule has 0 spiro atoms. The maximum Gasteiger partial charge on any atom is 0.351 e. The fourth-order valence-electron chi connectivity index (χ4n) is 4.97. The molecule has 1 aliphatic heterocycles. The van der Waals surface area contributed by atoms with Gasteiger partial charge in [0.1, 0.15) is 29.9 Å². The molecular weight excluding hydrogens is 518 g/mol. The van der Waals surface area contributed by atoms with Crippen molar-refractivity contribution < 1.29 is 22.1 Å². The van der Waals surface area contributed by atoms with Crippen molar-refractivity contribution in [3.05, 3.63) is 130 Å². The second-order valence-electron chi connectivity index (χ2n) is 9.34. The molecule has 39 heavy (non-hydrogen) atoms. The quantitative estimate of drug-likeness (QED) is 0.250. The average molecular weight is 548 g/mol. The van der Waals surface area contributed by atoms with Gasteiger partial charge in [0.25, 0.3) is 10.1 Å². The molecule has 2 heterocycles. The van der Waals surface area contributed by atoms with Crippen LogP contribution >= 0.6 is 0 Å². The Morgan fingerprint density at radius 2 is 1.44 bits per heavy atom. The number of rotatable bonds is 9. The topological polar surface area (TPSA) is 123 Å². The van der Waals surface area contributed by atoms with Gasteiger partial charge in [0, 0.05) is 12.6 Å². The standard InChI is InChI=1S/C29H29N3O6S/c1-39(34,35)38-24-19-27(32-18-17-26(30)31-28(32)33)37-25(24)20-36-29(21-11-5-2-6-12-21,22-13-7-3-8-14-22)23-15-9-4-10-16-23/h2-18,24-25,27H,19-20H2,1H3,(H2,30,31,33)/t24-,25+,27+/m0/s1. The zero-order valence-corrected chi connectivity index (χ0v) is 22.1. The van der Waals surface area contributed by atoms with Gasteiger partial charge < -0.3 is 15.2 Å². The molecule has 1 fully saturated rings. The molecule has 9 nitrogen and oxygen atoms in total. The van der Waals surface area contributed by atoms with Crippen molar-refractivity contribution in [2.75, 3.05) is 18.6 Å². The molecule has 1 aromatic heterocycles. The van der Waals surface area contributed by atoms with Gasteiger partial charge in [0.15, 0.2) is 0 Å². The van der Waals surface area contributed by atoms with E-state index in [2.05, 4.69) is 4.98 Å². The zero-order valence-electron chi connectivity index (χ0n) is 21.3. The van der Waals surface area contributed by atoms with Gasteiger partial charge >= 0.3 is 5.69 Å². The maximum absolute atomic E-state index is 12.5. The molecule has 2 N–H and O–H groups in total. The molecule has 0 aliphatic carbocycles. The van der Waals surface area contributed by atoms with E-state index < -0.39 is 39.8 Å². The molecule has 0 amide bonds. The Labute approximate surface area is 226 Å². The predicted octanol–water partition coefficient (Wildman–Crippen LogP) is 3.47. The van der Waals surface area contributed by atoms with Gasteiger partial charge in [-0.1, -0.05) is 91.0 Å². The minimum absolute atomic E-state index is 0.0352. The minimum atomic E-state index is -3.83. The number of nitrogen functional groups attached to an aromatic ring is 1. The van der Waals surface area contributed by atoms with E-state index in [0.29, 0.717) is 0 Å². The van der Waals surface area contributed by atoms with E-state index >= 15 is 0 Å². The smallest absolute Gasteiger partial charge is 0.351 e. The summed E-state index contributed by atoms with van der Waals surface area (Å²) in [4.78, 5) is 16.3.